The summed E-state index contributed by atoms with van der Waals surface area (Å²) in [5, 5.41) is 4.64. The first kappa shape index (κ1) is 15.4. The highest BCUT2D eigenvalue weighted by molar-refractivity contribution is 7.98. The van der Waals surface area contributed by atoms with Gasteiger partial charge < -0.3 is 4.90 Å². The lowest BCUT2D eigenvalue weighted by molar-refractivity contribution is 0.330. The van der Waals surface area contributed by atoms with Gasteiger partial charge in [-0.2, -0.15) is 16.9 Å². The second-order valence-corrected chi connectivity index (χ2v) is 8.29. The van der Waals surface area contributed by atoms with Crippen molar-refractivity contribution in [2.45, 2.75) is 38.0 Å². The minimum absolute atomic E-state index is 0.0441. The molecule has 0 saturated carbocycles. The number of fused-ring (bicyclic) bond motifs is 2. The quantitative estimate of drug-likeness (QED) is 0.830. The third kappa shape index (κ3) is 2.74. The third-order valence-corrected chi connectivity index (χ3v) is 6.45. The van der Waals surface area contributed by atoms with Gasteiger partial charge in [-0.15, -0.1) is 0 Å². The van der Waals surface area contributed by atoms with Gasteiger partial charge in [-0.25, -0.2) is 14.6 Å². The predicted molar refractivity (Wildman–Crippen MR) is 98.1 cm³/mol. The molecule has 2 aromatic rings. The molecule has 0 radical (unpaired) electrons. The molecule has 0 bridgehead atoms. The number of nitrogens with zero attached hydrogens (tertiary/aromatic N) is 5. The Kier molecular flexibility index (Phi) is 3.77. The van der Waals surface area contributed by atoms with Gasteiger partial charge in [-0.1, -0.05) is 0 Å². The highest BCUT2D eigenvalue weighted by atomic mass is 32.2. The van der Waals surface area contributed by atoms with Gasteiger partial charge in [0.1, 0.15) is 12.1 Å². The first-order valence-electron chi connectivity index (χ1n) is 9.03. The lowest BCUT2D eigenvalue weighted by Crippen LogP contribution is -2.50. The van der Waals surface area contributed by atoms with E-state index in [1.54, 1.807) is 17.1 Å². The number of thioether (sulfide) groups is 1. The van der Waals surface area contributed by atoms with E-state index in [-0.39, 0.29) is 5.56 Å². The van der Waals surface area contributed by atoms with E-state index in [0.717, 1.165) is 60.9 Å². The van der Waals surface area contributed by atoms with Crippen LogP contribution in [0.3, 0.4) is 0 Å². The molecule has 130 valence electrons. The van der Waals surface area contributed by atoms with E-state index in [1.807, 2.05) is 11.8 Å². The molecule has 1 aliphatic carbocycles. The zero-order chi connectivity index (χ0) is 16.8. The van der Waals surface area contributed by atoms with Crippen LogP contribution in [0.5, 0.6) is 0 Å². The van der Waals surface area contributed by atoms with E-state index >= 15 is 0 Å². The Bertz CT molecular complexity index is 874. The largest absolute Gasteiger partial charge is 0.355 e. The number of rotatable bonds is 3. The minimum Gasteiger partial charge on any atom is -0.355 e. The van der Waals surface area contributed by atoms with Crippen LogP contribution in [-0.4, -0.2) is 38.6 Å². The summed E-state index contributed by atoms with van der Waals surface area (Å²) in [6, 6.07) is 1.79. The fourth-order valence-corrected chi connectivity index (χ4v) is 5.05. The van der Waals surface area contributed by atoms with Crippen molar-refractivity contribution in [1.82, 2.24) is 19.7 Å². The van der Waals surface area contributed by atoms with E-state index in [2.05, 4.69) is 20.0 Å². The maximum atomic E-state index is 12.3. The number of anilines is 1. The molecule has 0 unspecified atom stereocenters. The molecule has 2 aliphatic heterocycles. The molecule has 3 aliphatic rings. The zero-order valence-corrected chi connectivity index (χ0v) is 15.0. The molecular weight excluding hydrogens is 334 g/mol. The normalized spacial score (nSPS) is 19.4. The van der Waals surface area contributed by atoms with Crippen LogP contribution < -0.4 is 10.5 Å². The van der Waals surface area contributed by atoms with Crippen molar-refractivity contribution in [2.75, 3.05) is 23.7 Å². The second-order valence-electron chi connectivity index (χ2n) is 7.19. The van der Waals surface area contributed by atoms with Crippen molar-refractivity contribution >= 4 is 17.6 Å². The summed E-state index contributed by atoms with van der Waals surface area (Å²) in [6.45, 7) is 2.61. The zero-order valence-electron chi connectivity index (χ0n) is 14.1. The van der Waals surface area contributed by atoms with E-state index in [1.165, 1.54) is 17.7 Å². The van der Waals surface area contributed by atoms with Gasteiger partial charge in [-0.3, -0.25) is 4.79 Å². The van der Waals surface area contributed by atoms with E-state index in [0.29, 0.717) is 12.5 Å². The van der Waals surface area contributed by atoms with Gasteiger partial charge in [-0.05, 0) is 30.6 Å². The van der Waals surface area contributed by atoms with Crippen LogP contribution in [0.25, 0.3) is 0 Å². The maximum absolute atomic E-state index is 12.3. The average molecular weight is 355 g/mol. The summed E-state index contributed by atoms with van der Waals surface area (Å²) in [6.07, 6.45) is 6.03. The molecule has 5 rings (SSSR count). The van der Waals surface area contributed by atoms with Crippen molar-refractivity contribution in [3.05, 3.63) is 45.3 Å². The van der Waals surface area contributed by atoms with Crippen molar-refractivity contribution in [3.8, 4) is 0 Å². The van der Waals surface area contributed by atoms with Gasteiger partial charge >= 0.3 is 0 Å². The van der Waals surface area contributed by atoms with Gasteiger partial charge in [0.05, 0.1) is 12.2 Å². The van der Waals surface area contributed by atoms with Crippen LogP contribution in [0.2, 0.25) is 0 Å². The molecule has 7 heteroatoms. The van der Waals surface area contributed by atoms with Crippen LogP contribution in [0, 0.1) is 5.92 Å². The maximum Gasteiger partial charge on any atom is 0.267 e. The van der Waals surface area contributed by atoms with Crippen molar-refractivity contribution in [1.29, 1.82) is 0 Å². The van der Waals surface area contributed by atoms with Crippen molar-refractivity contribution in [3.63, 3.8) is 0 Å². The van der Waals surface area contributed by atoms with E-state index in [9.17, 15) is 4.79 Å². The minimum atomic E-state index is 0.0441. The number of hydrogen-bond acceptors (Lipinski definition) is 6. The molecule has 0 amide bonds. The van der Waals surface area contributed by atoms with Crippen molar-refractivity contribution in [2.24, 2.45) is 5.92 Å². The predicted octanol–water partition coefficient (Wildman–Crippen LogP) is 1.45. The Labute approximate surface area is 150 Å². The van der Waals surface area contributed by atoms with Crippen LogP contribution >= 0.6 is 11.8 Å². The summed E-state index contributed by atoms with van der Waals surface area (Å²) in [5.74, 6) is 3.61. The molecule has 0 N–H and O–H groups in total. The molecule has 6 nitrogen and oxygen atoms in total. The van der Waals surface area contributed by atoms with E-state index in [4.69, 9.17) is 0 Å². The SMILES string of the molecule is O=c1cc2c(nn1CC1CN(c3ncnc4c3CCC4)C1)CCSC2. The van der Waals surface area contributed by atoms with Gasteiger partial charge in [0.25, 0.3) is 5.56 Å². The Hall–Kier alpha value is -1.89. The molecule has 1 fully saturated rings. The van der Waals surface area contributed by atoms with Crippen molar-refractivity contribution < 1.29 is 0 Å². The molecule has 25 heavy (non-hydrogen) atoms. The Morgan fingerprint density at radius 3 is 3.00 bits per heavy atom. The Morgan fingerprint density at radius 1 is 1.16 bits per heavy atom. The summed E-state index contributed by atoms with van der Waals surface area (Å²) in [4.78, 5) is 23.6. The summed E-state index contributed by atoms with van der Waals surface area (Å²) < 4.78 is 1.68. The van der Waals surface area contributed by atoms with Crippen LogP contribution in [0.4, 0.5) is 5.82 Å². The molecular formula is C18H21N5OS. The smallest absolute Gasteiger partial charge is 0.267 e. The van der Waals surface area contributed by atoms with E-state index < -0.39 is 0 Å². The van der Waals surface area contributed by atoms with Gasteiger partial charge in [0.15, 0.2) is 0 Å². The topological polar surface area (TPSA) is 63.9 Å². The number of aryl methyl sites for hydroxylation is 2. The number of aromatic nitrogens is 4. The summed E-state index contributed by atoms with van der Waals surface area (Å²) in [7, 11) is 0. The molecule has 0 aromatic carbocycles. The monoisotopic (exact) mass is 355 g/mol. The molecule has 1 saturated heterocycles. The fourth-order valence-electron chi connectivity index (χ4n) is 4.10. The fraction of sp³-hybridized carbons (Fsp3) is 0.556. The van der Waals surface area contributed by atoms with Gasteiger partial charge in [0.2, 0.25) is 0 Å². The molecule has 4 heterocycles. The standard InChI is InChI=1S/C18H21N5OS/c24-17-6-13-10-25-5-4-15(13)21-23(17)9-12-7-22(8-12)18-14-2-1-3-16(14)19-11-20-18/h6,11-12H,1-5,7-10H2. The van der Waals surface area contributed by atoms with Crippen LogP contribution in [-0.2, 0) is 31.6 Å². The van der Waals surface area contributed by atoms with Gasteiger partial charge in [0, 0.05) is 48.5 Å². The highest BCUT2D eigenvalue weighted by Crippen LogP contribution is 2.32. The second kappa shape index (κ2) is 6.12. The third-order valence-electron chi connectivity index (χ3n) is 5.45. The first-order valence-corrected chi connectivity index (χ1v) is 10.2. The summed E-state index contributed by atoms with van der Waals surface area (Å²) in [5.41, 5.74) is 4.84. The average Bonchev–Trinajstić information content (AvgIpc) is 3.07. The van der Waals surface area contributed by atoms with Crippen LogP contribution in [0.15, 0.2) is 17.2 Å². The molecule has 0 atom stereocenters. The molecule has 0 spiro atoms. The first-order chi connectivity index (χ1) is 12.3. The lowest BCUT2D eigenvalue weighted by Gasteiger charge is -2.41. The Balaban J connectivity index is 1.29. The van der Waals surface area contributed by atoms with Crippen LogP contribution in [0.1, 0.15) is 28.9 Å². The highest BCUT2D eigenvalue weighted by Gasteiger charge is 2.32. The molecule has 2 aromatic heterocycles. The summed E-state index contributed by atoms with van der Waals surface area (Å²) >= 11 is 1.88. The lowest BCUT2D eigenvalue weighted by atomic mass is 9.99. The Morgan fingerprint density at radius 2 is 2.08 bits per heavy atom. The number of hydrogen-bond donors (Lipinski definition) is 0.